The number of ether oxygens (including phenoxy) is 1. The van der Waals surface area contributed by atoms with Crippen molar-refractivity contribution in [1.29, 1.82) is 0 Å². The van der Waals surface area contributed by atoms with Crippen molar-refractivity contribution in [3.63, 3.8) is 0 Å². The lowest BCUT2D eigenvalue weighted by Crippen LogP contribution is -2.41. The van der Waals surface area contributed by atoms with E-state index < -0.39 is 5.60 Å². The third-order valence-electron chi connectivity index (χ3n) is 4.25. The van der Waals surface area contributed by atoms with Gasteiger partial charge in [0.05, 0.1) is 13.0 Å². The average Bonchev–Trinajstić information content (AvgIpc) is 2.97. The maximum Gasteiger partial charge on any atom is 0.227 e. The van der Waals surface area contributed by atoms with Crippen LogP contribution in [0.5, 0.6) is 5.75 Å². The average molecular weight is 326 g/mol. The lowest BCUT2D eigenvalue weighted by atomic mass is 10.1. The molecule has 1 aliphatic rings. The predicted molar refractivity (Wildman–Crippen MR) is 90.8 cm³/mol. The van der Waals surface area contributed by atoms with Crippen LogP contribution in [0.25, 0.3) is 0 Å². The molecular formula is C19H22N2O3. The second-order valence-corrected chi connectivity index (χ2v) is 6.37. The highest BCUT2D eigenvalue weighted by Crippen LogP contribution is 2.23. The number of β-amino-alcohol motifs (C(OH)–C–C–N with tert-alkyl or cyclic N) is 1. The maximum absolute atomic E-state index is 12.4. The number of para-hydroxylation sites is 1. The Hall–Kier alpha value is -2.40. The number of likely N-dealkylation sites (tertiary alicyclic amines) is 1. The molecule has 24 heavy (non-hydrogen) atoms. The molecule has 0 aliphatic carbocycles. The van der Waals surface area contributed by atoms with Gasteiger partial charge in [-0.15, -0.1) is 0 Å². The molecule has 5 nitrogen and oxygen atoms in total. The maximum atomic E-state index is 12.4. The molecule has 0 saturated carbocycles. The van der Waals surface area contributed by atoms with Crippen LogP contribution in [0.4, 0.5) is 0 Å². The standard InChI is InChI=1S/C19H22N2O3/c1-15-11-16(7-9-20-15)12-18(22)21-10-8-19(23,13-21)14-24-17-5-3-2-4-6-17/h2-7,9,11,23H,8,10,12-14H2,1H3/t19-/m0/s1. The van der Waals surface area contributed by atoms with Crippen molar-refractivity contribution >= 4 is 5.91 Å². The molecule has 1 aromatic carbocycles. The minimum absolute atomic E-state index is 0.0243. The smallest absolute Gasteiger partial charge is 0.227 e. The van der Waals surface area contributed by atoms with Crippen LogP contribution in [0.15, 0.2) is 48.7 Å². The van der Waals surface area contributed by atoms with Gasteiger partial charge < -0.3 is 14.7 Å². The van der Waals surface area contributed by atoms with Gasteiger partial charge in [-0.3, -0.25) is 9.78 Å². The summed E-state index contributed by atoms with van der Waals surface area (Å²) in [4.78, 5) is 18.3. The van der Waals surface area contributed by atoms with Crippen molar-refractivity contribution < 1.29 is 14.6 Å². The van der Waals surface area contributed by atoms with Gasteiger partial charge in [-0.05, 0) is 43.2 Å². The summed E-state index contributed by atoms with van der Waals surface area (Å²) in [6.45, 7) is 2.96. The summed E-state index contributed by atoms with van der Waals surface area (Å²) in [7, 11) is 0. The van der Waals surface area contributed by atoms with Crippen molar-refractivity contribution in [3.8, 4) is 5.75 Å². The van der Waals surface area contributed by atoms with Gasteiger partial charge in [0.2, 0.25) is 5.91 Å². The highest BCUT2D eigenvalue weighted by molar-refractivity contribution is 5.79. The van der Waals surface area contributed by atoms with E-state index >= 15 is 0 Å². The molecule has 2 aromatic rings. The highest BCUT2D eigenvalue weighted by atomic mass is 16.5. The molecule has 1 aliphatic heterocycles. The van der Waals surface area contributed by atoms with E-state index in [0.29, 0.717) is 25.9 Å². The van der Waals surface area contributed by atoms with Gasteiger partial charge in [0.1, 0.15) is 18.0 Å². The minimum Gasteiger partial charge on any atom is -0.491 e. The van der Waals surface area contributed by atoms with Gasteiger partial charge in [0.25, 0.3) is 0 Å². The third kappa shape index (κ3) is 4.11. The quantitative estimate of drug-likeness (QED) is 0.912. The number of rotatable bonds is 5. The normalized spacial score (nSPS) is 20.2. The molecule has 5 heteroatoms. The Morgan fingerprint density at radius 2 is 2.12 bits per heavy atom. The molecule has 1 saturated heterocycles. The van der Waals surface area contributed by atoms with E-state index in [0.717, 1.165) is 17.0 Å². The second-order valence-electron chi connectivity index (χ2n) is 6.37. The third-order valence-corrected chi connectivity index (χ3v) is 4.25. The van der Waals surface area contributed by atoms with E-state index in [1.54, 1.807) is 11.1 Å². The summed E-state index contributed by atoms with van der Waals surface area (Å²) in [5.41, 5.74) is 0.859. The molecule has 3 rings (SSSR count). The molecule has 0 spiro atoms. The molecule has 1 aromatic heterocycles. The van der Waals surface area contributed by atoms with Crippen molar-refractivity contribution in [2.24, 2.45) is 0 Å². The zero-order valence-corrected chi connectivity index (χ0v) is 13.8. The van der Waals surface area contributed by atoms with Gasteiger partial charge in [-0.2, -0.15) is 0 Å². The van der Waals surface area contributed by atoms with Crippen LogP contribution in [0, 0.1) is 6.92 Å². The second kappa shape index (κ2) is 7.01. The number of nitrogens with zero attached hydrogens (tertiary/aromatic N) is 2. The Balaban J connectivity index is 1.54. The Kier molecular flexibility index (Phi) is 4.81. The van der Waals surface area contributed by atoms with Gasteiger partial charge in [0.15, 0.2) is 0 Å². The van der Waals surface area contributed by atoms with Crippen LogP contribution >= 0.6 is 0 Å². The zero-order valence-electron chi connectivity index (χ0n) is 13.8. The first-order valence-electron chi connectivity index (χ1n) is 8.14. The summed E-state index contributed by atoms with van der Waals surface area (Å²) in [6.07, 6.45) is 2.58. The number of hydrogen-bond acceptors (Lipinski definition) is 4. The van der Waals surface area contributed by atoms with Crippen LogP contribution < -0.4 is 4.74 Å². The SMILES string of the molecule is Cc1cc(CC(=O)N2CC[C@@](O)(COc3ccccc3)C2)ccn1. The Bertz CT molecular complexity index is 705. The number of pyridine rings is 1. The van der Waals surface area contributed by atoms with E-state index in [9.17, 15) is 9.90 Å². The van der Waals surface area contributed by atoms with Crippen molar-refractivity contribution in [2.45, 2.75) is 25.4 Å². The lowest BCUT2D eigenvalue weighted by molar-refractivity contribution is -0.130. The number of aliphatic hydroxyl groups is 1. The van der Waals surface area contributed by atoms with E-state index in [2.05, 4.69) is 4.98 Å². The number of hydrogen-bond donors (Lipinski definition) is 1. The molecule has 2 heterocycles. The van der Waals surface area contributed by atoms with E-state index in [-0.39, 0.29) is 12.5 Å². The van der Waals surface area contributed by atoms with Gasteiger partial charge >= 0.3 is 0 Å². The fourth-order valence-corrected chi connectivity index (χ4v) is 2.92. The van der Waals surface area contributed by atoms with E-state index in [4.69, 9.17) is 4.74 Å². The Morgan fingerprint density at radius 1 is 1.33 bits per heavy atom. The molecule has 1 fully saturated rings. The minimum atomic E-state index is -0.986. The number of aryl methyl sites for hydroxylation is 1. The molecule has 1 atom stereocenters. The first kappa shape index (κ1) is 16.5. The van der Waals surface area contributed by atoms with Crippen LogP contribution in [0.2, 0.25) is 0 Å². The van der Waals surface area contributed by atoms with Crippen molar-refractivity contribution in [3.05, 3.63) is 59.9 Å². The number of amides is 1. The summed E-state index contributed by atoms with van der Waals surface area (Å²) in [6, 6.07) is 13.2. The van der Waals surface area contributed by atoms with Crippen LogP contribution in [-0.4, -0.2) is 46.2 Å². The van der Waals surface area contributed by atoms with Gasteiger partial charge in [-0.25, -0.2) is 0 Å². The largest absolute Gasteiger partial charge is 0.491 e. The zero-order chi connectivity index (χ0) is 17.0. The van der Waals surface area contributed by atoms with Crippen LogP contribution in [0.1, 0.15) is 17.7 Å². The summed E-state index contributed by atoms with van der Waals surface area (Å²) < 4.78 is 5.66. The first-order chi connectivity index (χ1) is 11.5. The Labute approximate surface area is 141 Å². The fourth-order valence-electron chi connectivity index (χ4n) is 2.92. The topological polar surface area (TPSA) is 62.7 Å². The first-order valence-corrected chi connectivity index (χ1v) is 8.14. The molecule has 126 valence electrons. The van der Waals surface area contributed by atoms with Gasteiger partial charge in [-0.1, -0.05) is 18.2 Å². The van der Waals surface area contributed by atoms with Crippen LogP contribution in [-0.2, 0) is 11.2 Å². The monoisotopic (exact) mass is 326 g/mol. The predicted octanol–water partition coefficient (Wildman–Crippen LogP) is 1.97. The van der Waals surface area contributed by atoms with E-state index in [1.807, 2.05) is 49.4 Å². The molecule has 0 bridgehead atoms. The summed E-state index contributed by atoms with van der Waals surface area (Å²) in [5, 5.41) is 10.7. The number of aromatic nitrogens is 1. The number of benzene rings is 1. The molecule has 1 amide bonds. The van der Waals surface area contributed by atoms with Gasteiger partial charge in [0, 0.05) is 18.4 Å². The lowest BCUT2D eigenvalue weighted by Gasteiger charge is -2.23. The molecule has 0 radical (unpaired) electrons. The number of carbonyl (C=O) groups excluding carboxylic acids is 1. The molecule has 1 N–H and O–H groups in total. The van der Waals surface area contributed by atoms with E-state index in [1.165, 1.54) is 0 Å². The number of carbonyl (C=O) groups is 1. The van der Waals surface area contributed by atoms with Crippen molar-refractivity contribution in [2.75, 3.05) is 19.7 Å². The Morgan fingerprint density at radius 3 is 2.88 bits per heavy atom. The highest BCUT2D eigenvalue weighted by Gasteiger charge is 2.38. The fraction of sp³-hybridized carbons (Fsp3) is 0.368. The summed E-state index contributed by atoms with van der Waals surface area (Å²) >= 11 is 0. The van der Waals surface area contributed by atoms with Crippen molar-refractivity contribution in [1.82, 2.24) is 9.88 Å². The summed E-state index contributed by atoms with van der Waals surface area (Å²) in [5.74, 6) is 0.749. The van der Waals surface area contributed by atoms with Crippen LogP contribution in [0.3, 0.4) is 0 Å². The molecular weight excluding hydrogens is 304 g/mol. The molecule has 0 unspecified atom stereocenters.